The summed E-state index contributed by atoms with van der Waals surface area (Å²) in [5, 5.41) is 13.7. The number of piperazine rings is 1. The Bertz CT molecular complexity index is 439. The molecule has 1 heterocycles. The second-order valence-electron chi connectivity index (χ2n) is 4.31. The minimum atomic E-state index is -0.371. The average Bonchev–Trinajstić information content (AvgIpc) is 2.28. The van der Waals surface area contributed by atoms with Gasteiger partial charge in [0.25, 0.3) is 5.69 Å². The molecular formula is C11H15ClN3O2+. The van der Waals surface area contributed by atoms with Crippen molar-refractivity contribution in [2.75, 3.05) is 24.5 Å². The lowest BCUT2D eigenvalue weighted by Crippen LogP contribution is -2.94. The van der Waals surface area contributed by atoms with Gasteiger partial charge in [-0.15, -0.1) is 0 Å². The summed E-state index contributed by atoms with van der Waals surface area (Å²) in [6, 6.07) is 5.25. The maximum atomic E-state index is 11.0. The van der Waals surface area contributed by atoms with Crippen molar-refractivity contribution in [3.63, 3.8) is 0 Å². The largest absolute Gasteiger partial charge is 0.353 e. The van der Waals surface area contributed by atoms with E-state index in [-0.39, 0.29) is 10.6 Å². The van der Waals surface area contributed by atoms with E-state index in [2.05, 4.69) is 12.2 Å². The minimum Gasteiger partial charge on any atom is -0.353 e. The van der Waals surface area contributed by atoms with E-state index in [1.165, 1.54) is 6.07 Å². The van der Waals surface area contributed by atoms with Crippen molar-refractivity contribution in [3.05, 3.63) is 33.3 Å². The number of para-hydroxylation sites is 1. The number of nitrogens with zero attached hydrogens (tertiary/aromatic N) is 2. The van der Waals surface area contributed by atoms with Crippen molar-refractivity contribution in [2.24, 2.45) is 0 Å². The highest BCUT2D eigenvalue weighted by molar-refractivity contribution is 6.33. The average molecular weight is 257 g/mol. The highest BCUT2D eigenvalue weighted by Crippen LogP contribution is 2.35. The molecule has 1 aliphatic heterocycles. The van der Waals surface area contributed by atoms with Crippen LogP contribution in [0, 0.1) is 10.1 Å². The number of nitro benzene ring substituents is 1. The minimum absolute atomic E-state index is 0.0894. The molecule has 5 nitrogen and oxygen atoms in total. The summed E-state index contributed by atoms with van der Waals surface area (Å²) in [5.41, 5.74) is 0.644. The molecular weight excluding hydrogens is 242 g/mol. The van der Waals surface area contributed by atoms with Gasteiger partial charge in [0.2, 0.25) is 0 Å². The summed E-state index contributed by atoms with van der Waals surface area (Å²) in [7, 11) is 0. The molecule has 1 aromatic rings. The number of nitrogens with two attached hydrogens (primary N) is 1. The topological polar surface area (TPSA) is 63.0 Å². The third kappa shape index (κ3) is 2.50. The van der Waals surface area contributed by atoms with Gasteiger partial charge in [-0.25, -0.2) is 0 Å². The van der Waals surface area contributed by atoms with E-state index in [0.29, 0.717) is 16.8 Å². The van der Waals surface area contributed by atoms with E-state index in [9.17, 15) is 10.1 Å². The number of halogens is 1. The van der Waals surface area contributed by atoms with Crippen molar-refractivity contribution in [2.45, 2.75) is 13.0 Å². The van der Waals surface area contributed by atoms with Gasteiger partial charge in [-0.3, -0.25) is 10.1 Å². The lowest BCUT2D eigenvalue weighted by Gasteiger charge is -2.31. The predicted molar refractivity (Wildman–Crippen MR) is 66.6 cm³/mol. The van der Waals surface area contributed by atoms with Gasteiger partial charge in [0.1, 0.15) is 11.7 Å². The SMILES string of the molecule is C[C@H]1CN(c2c(Cl)cccc2[N+](=O)[O-])CC[NH2+]1. The predicted octanol–water partition coefficient (Wildman–Crippen LogP) is 1.02. The van der Waals surface area contributed by atoms with E-state index in [4.69, 9.17) is 11.6 Å². The second kappa shape index (κ2) is 4.89. The molecule has 1 aromatic carbocycles. The van der Waals surface area contributed by atoms with Gasteiger partial charge in [0, 0.05) is 6.07 Å². The van der Waals surface area contributed by atoms with Crippen molar-refractivity contribution >= 4 is 23.0 Å². The van der Waals surface area contributed by atoms with E-state index in [1.807, 2.05) is 4.90 Å². The maximum Gasteiger partial charge on any atom is 0.294 e. The standard InChI is InChI=1S/C11H14ClN3O2/c1-8-7-14(6-5-13-8)11-9(12)3-2-4-10(11)15(16)17/h2-4,8,13H,5-7H2,1H3/p+1/t8-/m0/s1. The summed E-state index contributed by atoms with van der Waals surface area (Å²) in [5.74, 6) is 0. The molecule has 0 unspecified atom stereocenters. The van der Waals surface area contributed by atoms with Crippen LogP contribution in [-0.2, 0) is 0 Å². The molecule has 17 heavy (non-hydrogen) atoms. The Morgan fingerprint density at radius 3 is 3.00 bits per heavy atom. The molecule has 0 aliphatic carbocycles. The molecule has 92 valence electrons. The molecule has 0 amide bonds. The van der Waals surface area contributed by atoms with Crippen LogP contribution in [0.15, 0.2) is 18.2 Å². The van der Waals surface area contributed by atoms with Crippen LogP contribution >= 0.6 is 11.6 Å². The van der Waals surface area contributed by atoms with Crippen LogP contribution in [0.1, 0.15) is 6.92 Å². The van der Waals surface area contributed by atoms with Crippen LogP contribution < -0.4 is 10.2 Å². The zero-order chi connectivity index (χ0) is 12.4. The smallest absolute Gasteiger partial charge is 0.294 e. The zero-order valence-corrected chi connectivity index (χ0v) is 10.4. The van der Waals surface area contributed by atoms with Gasteiger partial charge >= 0.3 is 0 Å². The molecule has 1 fully saturated rings. The summed E-state index contributed by atoms with van der Waals surface area (Å²) < 4.78 is 0. The maximum absolute atomic E-state index is 11.0. The first-order valence-corrected chi connectivity index (χ1v) is 5.98. The van der Waals surface area contributed by atoms with E-state index >= 15 is 0 Å². The summed E-state index contributed by atoms with van der Waals surface area (Å²) in [6.45, 7) is 4.61. The molecule has 0 radical (unpaired) electrons. The number of hydrogen-bond donors (Lipinski definition) is 1. The quantitative estimate of drug-likeness (QED) is 0.635. The lowest BCUT2D eigenvalue weighted by molar-refractivity contribution is -0.687. The molecule has 0 aromatic heterocycles. The molecule has 0 bridgehead atoms. The third-order valence-electron chi connectivity index (χ3n) is 2.95. The highest BCUT2D eigenvalue weighted by atomic mass is 35.5. The molecule has 0 spiro atoms. The van der Waals surface area contributed by atoms with Crippen LogP contribution in [0.3, 0.4) is 0 Å². The van der Waals surface area contributed by atoms with Crippen LogP contribution in [0.4, 0.5) is 11.4 Å². The first kappa shape index (κ1) is 12.1. The number of quaternary nitrogens is 1. The van der Waals surface area contributed by atoms with Crippen molar-refractivity contribution in [1.82, 2.24) is 0 Å². The van der Waals surface area contributed by atoms with Gasteiger partial charge < -0.3 is 10.2 Å². The molecule has 2 N–H and O–H groups in total. The molecule has 2 rings (SSSR count). The van der Waals surface area contributed by atoms with Crippen molar-refractivity contribution in [3.8, 4) is 0 Å². The lowest BCUT2D eigenvalue weighted by atomic mass is 10.2. The number of rotatable bonds is 2. The summed E-state index contributed by atoms with van der Waals surface area (Å²) in [6.07, 6.45) is 0. The number of hydrogen-bond acceptors (Lipinski definition) is 3. The van der Waals surface area contributed by atoms with Crippen LogP contribution in [-0.4, -0.2) is 30.6 Å². The monoisotopic (exact) mass is 256 g/mol. The first-order chi connectivity index (χ1) is 8.09. The second-order valence-corrected chi connectivity index (χ2v) is 4.72. The Morgan fingerprint density at radius 1 is 1.59 bits per heavy atom. The van der Waals surface area contributed by atoms with E-state index in [1.54, 1.807) is 12.1 Å². The van der Waals surface area contributed by atoms with Crippen LogP contribution in [0.2, 0.25) is 5.02 Å². The molecule has 1 atom stereocenters. The van der Waals surface area contributed by atoms with E-state index in [0.717, 1.165) is 19.6 Å². The Balaban J connectivity index is 2.39. The van der Waals surface area contributed by atoms with Gasteiger partial charge in [-0.1, -0.05) is 17.7 Å². The number of benzene rings is 1. The van der Waals surface area contributed by atoms with Gasteiger partial charge in [0.05, 0.1) is 29.6 Å². The van der Waals surface area contributed by atoms with Crippen LogP contribution in [0.25, 0.3) is 0 Å². The molecule has 0 saturated carbocycles. The number of nitro groups is 1. The first-order valence-electron chi connectivity index (χ1n) is 5.60. The normalized spacial score (nSPS) is 20.4. The Labute approximate surface area is 105 Å². The third-order valence-corrected chi connectivity index (χ3v) is 3.26. The van der Waals surface area contributed by atoms with Crippen LogP contribution in [0.5, 0.6) is 0 Å². The van der Waals surface area contributed by atoms with Crippen molar-refractivity contribution < 1.29 is 10.2 Å². The fourth-order valence-corrected chi connectivity index (χ4v) is 2.48. The Morgan fingerprint density at radius 2 is 2.35 bits per heavy atom. The Kier molecular flexibility index (Phi) is 3.49. The zero-order valence-electron chi connectivity index (χ0n) is 9.60. The molecule has 1 saturated heterocycles. The van der Waals surface area contributed by atoms with Gasteiger partial charge in [0.15, 0.2) is 0 Å². The number of anilines is 1. The van der Waals surface area contributed by atoms with Gasteiger partial charge in [-0.05, 0) is 13.0 Å². The fourth-order valence-electron chi connectivity index (χ4n) is 2.20. The van der Waals surface area contributed by atoms with Gasteiger partial charge in [-0.2, -0.15) is 0 Å². The Hall–Kier alpha value is -1.33. The molecule has 1 aliphatic rings. The summed E-state index contributed by atoms with van der Waals surface area (Å²) in [4.78, 5) is 12.6. The summed E-state index contributed by atoms with van der Waals surface area (Å²) >= 11 is 6.10. The molecule has 6 heteroatoms. The van der Waals surface area contributed by atoms with E-state index < -0.39 is 0 Å². The highest BCUT2D eigenvalue weighted by Gasteiger charge is 2.27. The fraction of sp³-hybridized carbons (Fsp3) is 0.455. The van der Waals surface area contributed by atoms with Crippen molar-refractivity contribution in [1.29, 1.82) is 0 Å².